The van der Waals surface area contributed by atoms with Gasteiger partial charge < -0.3 is 16.0 Å². The van der Waals surface area contributed by atoms with Crippen LogP contribution in [0.4, 0.5) is 5.69 Å². The normalized spacial score (nSPS) is 10.0. The van der Waals surface area contributed by atoms with E-state index in [9.17, 15) is 9.59 Å². The van der Waals surface area contributed by atoms with Crippen molar-refractivity contribution in [3.8, 4) is 0 Å². The molecule has 2 aromatic rings. The molecule has 2 amide bonds. The third-order valence-corrected chi connectivity index (χ3v) is 4.05. The van der Waals surface area contributed by atoms with Gasteiger partial charge >= 0.3 is 0 Å². The van der Waals surface area contributed by atoms with Crippen LogP contribution in [0.3, 0.4) is 0 Å². The number of rotatable bonds is 5. The number of anilines is 1. The lowest BCUT2D eigenvalue weighted by Crippen LogP contribution is -2.35. The first-order valence-corrected chi connectivity index (χ1v) is 8.45. The molecule has 0 spiro atoms. The second-order valence-corrected chi connectivity index (χ2v) is 6.03. The molecule has 0 aromatic heterocycles. The maximum atomic E-state index is 12.0. The SMILES string of the molecule is CNC(=O)c1ccccc1NC(=S)NC(=O)CCc1ccccc1Cl. The van der Waals surface area contributed by atoms with Gasteiger partial charge in [-0.3, -0.25) is 9.59 Å². The van der Waals surface area contributed by atoms with Gasteiger partial charge in [0.1, 0.15) is 0 Å². The van der Waals surface area contributed by atoms with E-state index in [0.29, 0.717) is 22.7 Å². The van der Waals surface area contributed by atoms with E-state index >= 15 is 0 Å². The van der Waals surface area contributed by atoms with Crippen LogP contribution in [0.15, 0.2) is 48.5 Å². The number of para-hydroxylation sites is 1. The molecule has 0 saturated carbocycles. The minimum absolute atomic E-state index is 0.139. The number of amides is 2. The van der Waals surface area contributed by atoms with Crippen molar-refractivity contribution in [2.45, 2.75) is 12.8 Å². The Bertz CT molecular complexity index is 795. The van der Waals surface area contributed by atoms with Gasteiger partial charge in [-0.15, -0.1) is 0 Å². The summed E-state index contributed by atoms with van der Waals surface area (Å²) in [7, 11) is 1.55. The molecule has 5 nitrogen and oxygen atoms in total. The van der Waals surface area contributed by atoms with Crippen molar-refractivity contribution in [1.29, 1.82) is 0 Å². The number of aryl methyl sites for hydroxylation is 1. The van der Waals surface area contributed by atoms with Crippen molar-refractivity contribution < 1.29 is 9.59 Å². The summed E-state index contributed by atoms with van der Waals surface area (Å²) < 4.78 is 0. The highest BCUT2D eigenvalue weighted by Crippen LogP contribution is 2.17. The lowest BCUT2D eigenvalue weighted by molar-refractivity contribution is -0.119. The first-order valence-electron chi connectivity index (χ1n) is 7.66. The summed E-state index contributed by atoms with van der Waals surface area (Å²) in [6.45, 7) is 0. The van der Waals surface area contributed by atoms with Crippen molar-refractivity contribution in [3.05, 3.63) is 64.7 Å². The number of carbonyl (C=O) groups is 2. The zero-order valence-electron chi connectivity index (χ0n) is 13.6. The van der Waals surface area contributed by atoms with Gasteiger partial charge in [0.2, 0.25) is 5.91 Å². The molecule has 0 heterocycles. The molecule has 3 N–H and O–H groups in total. The molecule has 0 saturated heterocycles. The largest absolute Gasteiger partial charge is 0.355 e. The summed E-state index contributed by atoms with van der Waals surface area (Å²) in [6.07, 6.45) is 0.769. The van der Waals surface area contributed by atoms with Gasteiger partial charge in [-0.25, -0.2) is 0 Å². The molecule has 130 valence electrons. The van der Waals surface area contributed by atoms with Gasteiger partial charge in [-0.05, 0) is 42.4 Å². The summed E-state index contributed by atoms with van der Waals surface area (Å²) in [4.78, 5) is 23.9. The molecular weight excluding hydrogens is 358 g/mol. The van der Waals surface area contributed by atoms with Crippen LogP contribution < -0.4 is 16.0 Å². The molecule has 0 bridgehead atoms. The molecule has 0 atom stereocenters. The topological polar surface area (TPSA) is 70.2 Å². The second kappa shape index (κ2) is 9.15. The summed E-state index contributed by atoms with van der Waals surface area (Å²) in [5, 5.41) is 8.82. The highest BCUT2D eigenvalue weighted by molar-refractivity contribution is 7.80. The Balaban J connectivity index is 1.91. The van der Waals surface area contributed by atoms with Crippen LogP contribution in [-0.2, 0) is 11.2 Å². The van der Waals surface area contributed by atoms with Crippen LogP contribution in [0.25, 0.3) is 0 Å². The first kappa shape index (κ1) is 18.9. The van der Waals surface area contributed by atoms with Gasteiger partial charge in [0.25, 0.3) is 5.91 Å². The van der Waals surface area contributed by atoms with Crippen LogP contribution in [0.2, 0.25) is 5.02 Å². The summed E-state index contributed by atoms with van der Waals surface area (Å²) in [5.41, 5.74) is 1.87. The first-order chi connectivity index (χ1) is 12.0. The molecule has 0 radical (unpaired) electrons. The van der Waals surface area contributed by atoms with Crippen LogP contribution in [0.1, 0.15) is 22.3 Å². The predicted molar refractivity (Wildman–Crippen MR) is 104 cm³/mol. The second-order valence-electron chi connectivity index (χ2n) is 5.22. The fourth-order valence-electron chi connectivity index (χ4n) is 2.22. The third-order valence-electron chi connectivity index (χ3n) is 3.48. The molecule has 0 unspecified atom stereocenters. The van der Waals surface area contributed by atoms with Crippen molar-refractivity contribution in [3.63, 3.8) is 0 Å². The molecule has 0 aliphatic carbocycles. The zero-order chi connectivity index (χ0) is 18.2. The predicted octanol–water partition coefficient (Wildman–Crippen LogP) is 3.15. The fraction of sp³-hybridized carbons (Fsp3) is 0.167. The van der Waals surface area contributed by atoms with Crippen LogP contribution in [0, 0.1) is 0 Å². The molecule has 7 heteroatoms. The average Bonchev–Trinajstić information content (AvgIpc) is 2.60. The van der Waals surface area contributed by atoms with E-state index in [-0.39, 0.29) is 23.3 Å². The maximum absolute atomic E-state index is 12.0. The highest BCUT2D eigenvalue weighted by Gasteiger charge is 2.12. The lowest BCUT2D eigenvalue weighted by atomic mass is 10.1. The van der Waals surface area contributed by atoms with Gasteiger partial charge in [0.15, 0.2) is 5.11 Å². The number of benzene rings is 2. The highest BCUT2D eigenvalue weighted by atomic mass is 35.5. The van der Waals surface area contributed by atoms with Crippen molar-refractivity contribution in [2.75, 3.05) is 12.4 Å². The smallest absolute Gasteiger partial charge is 0.253 e. The summed E-state index contributed by atoms with van der Waals surface area (Å²) in [5.74, 6) is -0.467. The van der Waals surface area contributed by atoms with E-state index in [2.05, 4.69) is 16.0 Å². The molecule has 0 fully saturated rings. The van der Waals surface area contributed by atoms with E-state index in [4.69, 9.17) is 23.8 Å². The Morgan fingerprint density at radius 2 is 1.76 bits per heavy atom. The fourth-order valence-corrected chi connectivity index (χ4v) is 2.67. The number of halogens is 1. The summed E-state index contributed by atoms with van der Waals surface area (Å²) >= 11 is 11.2. The van der Waals surface area contributed by atoms with Crippen molar-refractivity contribution >= 4 is 46.4 Å². The monoisotopic (exact) mass is 375 g/mol. The van der Waals surface area contributed by atoms with Crippen LogP contribution in [-0.4, -0.2) is 24.0 Å². The maximum Gasteiger partial charge on any atom is 0.253 e. The van der Waals surface area contributed by atoms with E-state index in [1.165, 1.54) is 0 Å². The van der Waals surface area contributed by atoms with Gasteiger partial charge in [-0.1, -0.05) is 41.9 Å². The number of hydrogen-bond acceptors (Lipinski definition) is 3. The van der Waals surface area contributed by atoms with Crippen LogP contribution >= 0.6 is 23.8 Å². The van der Waals surface area contributed by atoms with Crippen LogP contribution in [0.5, 0.6) is 0 Å². The molecule has 2 aromatic carbocycles. The molecule has 2 rings (SSSR count). The van der Waals surface area contributed by atoms with Crippen molar-refractivity contribution in [1.82, 2.24) is 10.6 Å². The molecule has 0 aliphatic heterocycles. The standard InChI is InChI=1S/C18H18ClN3O2S/c1-20-17(24)13-7-3-5-9-15(13)21-18(25)22-16(23)11-10-12-6-2-4-8-14(12)19/h2-9H,10-11H2,1H3,(H,20,24)(H2,21,22,23,25). The Hall–Kier alpha value is -2.44. The van der Waals surface area contributed by atoms with E-state index in [0.717, 1.165) is 5.56 Å². The van der Waals surface area contributed by atoms with Gasteiger partial charge in [0.05, 0.1) is 11.3 Å². The average molecular weight is 376 g/mol. The minimum Gasteiger partial charge on any atom is -0.355 e. The van der Waals surface area contributed by atoms with Gasteiger partial charge in [0, 0.05) is 18.5 Å². The van der Waals surface area contributed by atoms with E-state index in [1.54, 1.807) is 37.4 Å². The zero-order valence-corrected chi connectivity index (χ0v) is 15.2. The van der Waals surface area contributed by atoms with Gasteiger partial charge in [-0.2, -0.15) is 0 Å². The lowest BCUT2D eigenvalue weighted by Gasteiger charge is -2.13. The van der Waals surface area contributed by atoms with E-state index < -0.39 is 0 Å². The third kappa shape index (κ3) is 5.55. The number of nitrogens with one attached hydrogen (secondary N) is 3. The Kier molecular flexibility index (Phi) is 6.91. The molecule has 25 heavy (non-hydrogen) atoms. The Labute approximate surface area is 156 Å². The Morgan fingerprint density at radius 3 is 2.48 bits per heavy atom. The summed E-state index contributed by atoms with van der Waals surface area (Å²) in [6, 6.07) is 14.3. The Morgan fingerprint density at radius 1 is 1.08 bits per heavy atom. The number of thiocarbonyl (C=S) groups is 1. The van der Waals surface area contributed by atoms with E-state index in [1.807, 2.05) is 18.2 Å². The number of hydrogen-bond donors (Lipinski definition) is 3. The molecule has 0 aliphatic rings. The van der Waals surface area contributed by atoms with Crippen molar-refractivity contribution in [2.24, 2.45) is 0 Å². The molecular formula is C18H18ClN3O2S. The minimum atomic E-state index is -0.240. The number of carbonyl (C=O) groups excluding carboxylic acids is 2. The quantitative estimate of drug-likeness (QED) is 0.702.